The first-order chi connectivity index (χ1) is 6.19. The highest BCUT2D eigenvalue weighted by molar-refractivity contribution is 5.40. The van der Waals surface area contributed by atoms with Gasteiger partial charge in [-0.1, -0.05) is 12.1 Å². The van der Waals surface area contributed by atoms with Gasteiger partial charge in [0.1, 0.15) is 0 Å². The van der Waals surface area contributed by atoms with E-state index < -0.39 is 6.04 Å². The normalized spacial score (nSPS) is 12.2. The number of hydrogen-bond donors (Lipinski definition) is 2. The van der Waals surface area contributed by atoms with E-state index in [1.54, 1.807) is 6.07 Å². The summed E-state index contributed by atoms with van der Waals surface area (Å²) in [5.41, 5.74) is 7.94. The number of rotatable bonds is 2. The summed E-state index contributed by atoms with van der Waals surface area (Å²) in [7, 11) is 0. The summed E-state index contributed by atoms with van der Waals surface area (Å²) in [6.45, 7) is 1.76. The van der Waals surface area contributed by atoms with Gasteiger partial charge in [-0.15, -0.1) is 0 Å². The Morgan fingerprint density at radius 2 is 2.31 bits per heavy atom. The van der Waals surface area contributed by atoms with E-state index in [9.17, 15) is 0 Å². The van der Waals surface area contributed by atoms with Gasteiger partial charge in [0, 0.05) is 0 Å². The van der Waals surface area contributed by atoms with E-state index in [-0.39, 0.29) is 6.61 Å². The number of aliphatic hydroxyl groups excluding tert-OH is 1. The molecular formula is C10H12N2O. The van der Waals surface area contributed by atoms with Crippen LogP contribution in [-0.2, 0) is 0 Å². The van der Waals surface area contributed by atoms with Crippen molar-refractivity contribution < 1.29 is 5.11 Å². The molecule has 0 saturated heterocycles. The van der Waals surface area contributed by atoms with Crippen molar-refractivity contribution in [2.24, 2.45) is 5.73 Å². The van der Waals surface area contributed by atoms with E-state index in [1.165, 1.54) is 0 Å². The van der Waals surface area contributed by atoms with Crippen LogP contribution >= 0.6 is 0 Å². The molecule has 0 fully saturated rings. The Bertz CT molecular complexity index is 341. The number of nitrogens with two attached hydrogens (primary N) is 1. The maximum atomic E-state index is 8.81. The third-order valence-electron chi connectivity index (χ3n) is 2.01. The van der Waals surface area contributed by atoms with Crippen molar-refractivity contribution in [3.05, 3.63) is 34.9 Å². The second kappa shape index (κ2) is 4.04. The van der Waals surface area contributed by atoms with E-state index in [0.717, 1.165) is 11.1 Å². The molecule has 0 radical (unpaired) electrons. The molecule has 1 aromatic carbocycles. The van der Waals surface area contributed by atoms with Crippen LogP contribution < -0.4 is 5.73 Å². The monoisotopic (exact) mass is 176 g/mol. The molecule has 0 aliphatic carbocycles. The second-order valence-electron chi connectivity index (χ2n) is 2.98. The molecule has 13 heavy (non-hydrogen) atoms. The van der Waals surface area contributed by atoms with Crippen LogP contribution in [-0.4, -0.2) is 11.7 Å². The van der Waals surface area contributed by atoms with Crippen LogP contribution in [0.5, 0.6) is 0 Å². The van der Waals surface area contributed by atoms with Gasteiger partial charge in [-0.25, -0.2) is 0 Å². The van der Waals surface area contributed by atoms with Crippen molar-refractivity contribution in [1.82, 2.24) is 0 Å². The lowest BCUT2D eigenvalue weighted by molar-refractivity contribution is 0.268. The summed E-state index contributed by atoms with van der Waals surface area (Å²) in [5, 5.41) is 17.6. The first-order valence-corrected chi connectivity index (χ1v) is 4.06. The fraction of sp³-hybridized carbons (Fsp3) is 0.300. The van der Waals surface area contributed by atoms with E-state index in [4.69, 9.17) is 16.1 Å². The Hall–Kier alpha value is -1.37. The molecule has 3 N–H and O–H groups in total. The molecule has 1 aromatic rings. The van der Waals surface area contributed by atoms with E-state index >= 15 is 0 Å². The lowest BCUT2D eigenvalue weighted by atomic mass is 10.0. The zero-order chi connectivity index (χ0) is 9.84. The summed E-state index contributed by atoms with van der Waals surface area (Å²) in [5.74, 6) is 0. The Labute approximate surface area is 77.4 Å². The van der Waals surface area contributed by atoms with Gasteiger partial charge in [0.2, 0.25) is 0 Å². The highest BCUT2D eigenvalue weighted by Gasteiger charge is 2.06. The van der Waals surface area contributed by atoms with Gasteiger partial charge < -0.3 is 10.8 Å². The number of benzene rings is 1. The maximum absolute atomic E-state index is 8.81. The van der Waals surface area contributed by atoms with Crippen molar-refractivity contribution in [2.75, 3.05) is 6.61 Å². The molecule has 0 aromatic heterocycles. The van der Waals surface area contributed by atoms with Crippen LogP contribution in [0.1, 0.15) is 22.7 Å². The molecule has 68 valence electrons. The first-order valence-electron chi connectivity index (χ1n) is 4.06. The molecule has 3 nitrogen and oxygen atoms in total. The van der Waals surface area contributed by atoms with Crippen molar-refractivity contribution in [1.29, 1.82) is 5.26 Å². The molecule has 0 aliphatic rings. The van der Waals surface area contributed by atoms with Crippen molar-refractivity contribution in [3.8, 4) is 6.07 Å². The minimum Gasteiger partial charge on any atom is -0.394 e. The third-order valence-corrected chi connectivity index (χ3v) is 2.01. The molecule has 0 amide bonds. The zero-order valence-electron chi connectivity index (χ0n) is 7.49. The van der Waals surface area contributed by atoms with Gasteiger partial charge in [0.15, 0.2) is 0 Å². The summed E-state index contributed by atoms with van der Waals surface area (Å²) < 4.78 is 0. The SMILES string of the molecule is Cc1ccc([C@@H](N)CO)cc1C#N. The van der Waals surface area contributed by atoms with Crippen molar-refractivity contribution in [2.45, 2.75) is 13.0 Å². The van der Waals surface area contributed by atoms with E-state index in [1.807, 2.05) is 19.1 Å². The molecule has 1 rings (SSSR count). The molecule has 0 spiro atoms. The van der Waals surface area contributed by atoms with Gasteiger partial charge in [0.05, 0.1) is 24.3 Å². The molecule has 0 aliphatic heterocycles. The number of nitriles is 1. The third kappa shape index (κ3) is 2.05. The highest BCUT2D eigenvalue weighted by Crippen LogP contribution is 2.14. The molecule has 0 heterocycles. The van der Waals surface area contributed by atoms with Gasteiger partial charge in [-0.05, 0) is 24.1 Å². The van der Waals surface area contributed by atoms with Crippen LogP contribution in [0.2, 0.25) is 0 Å². The predicted molar refractivity (Wildman–Crippen MR) is 49.9 cm³/mol. The van der Waals surface area contributed by atoms with Gasteiger partial charge in [-0.2, -0.15) is 5.26 Å². The topological polar surface area (TPSA) is 70.0 Å². The van der Waals surface area contributed by atoms with Crippen molar-refractivity contribution >= 4 is 0 Å². The fourth-order valence-corrected chi connectivity index (χ4v) is 1.10. The maximum Gasteiger partial charge on any atom is 0.0994 e. The van der Waals surface area contributed by atoms with Crippen LogP contribution in [0, 0.1) is 18.3 Å². The molecule has 1 atom stereocenters. The van der Waals surface area contributed by atoms with Crippen LogP contribution in [0.3, 0.4) is 0 Å². The van der Waals surface area contributed by atoms with Crippen LogP contribution in [0.15, 0.2) is 18.2 Å². The zero-order valence-corrected chi connectivity index (χ0v) is 7.49. The standard InChI is InChI=1S/C10H12N2O/c1-7-2-3-8(10(12)6-13)4-9(7)5-11/h2-4,10,13H,6,12H2,1H3/t10-/m0/s1. The van der Waals surface area contributed by atoms with Crippen molar-refractivity contribution in [3.63, 3.8) is 0 Å². The molecule has 0 bridgehead atoms. The minimum atomic E-state index is -0.396. The molecule has 0 unspecified atom stereocenters. The van der Waals surface area contributed by atoms with Gasteiger partial charge in [-0.3, -0.25) is 0 Å². The van der Waals surface area contributed by atoms with Gasteiger partial charge in [0.25, 0.3) is 0 Å². The van der Waals surface area contributed by atoms with E-state index in [2.05, 4.69) is 6.07 Å². The number of aliphatic hydroxyl groups is 1. The van der Waals surface area contributed by atoms with E-state index in [0.29, 0.717) is 5.56 Å². The first kappa shape index (κ1) is 9.72. The van der Waals surface area contributed by atoms with Crippen LogP contribution in [0.4, 0.5) is 0 Å². The Balaban J connectivity index is 3.08. The lowest BCUT2D eigenvalue weighted by Gasteiger charge is -2.09. The summed E-state index contributed by atoms with van der Waals surface area (Å²) >= 11 is 0. The summed E-state index contributed by atoms with van der Waals surface area (Å²) in [6, 6.07) is 7.07. The summed E-state index contributed by atoms with van der Waals surface area (Å²) in [6.07, 6.45) is 0. The minimum absolute atomic E-state index is 0.103. The Morgan fingerprint density at radius 3 is 2.85 bits per heavy atom. The quantitative estimate of drug-likeness (QED) is 0.702. The largest absolute Gasteiger partial charge is 0.394 e. The number of aryl methyl sites for hydroxylation is 1. The average molecular weight is 176 g/mol. The van der Waals surface area contributed by atoms with Crippen LogP contribution in [0.25, 0.3) is 0 Å². The number of nitrogens with zero attached hydrogens (tertiary/aromatic N) is 1. The fourth-order valence-electron chi connectivity index (χ4n) is 1.10. The molecule has 3 heteroatoms. The average Bonchev–Trinajstić information content (AvgIpc) is 2.17. The van der Waals surface area contributed by atoms with Gasteiger partial charge >= 0.3 is 0 Å². The molecule has 0 saturated carbocycles. The predicted octanol–water partition coefficient (Wildman–Crippen LogP) is 0.859. The summed E-state index contributed by atoms with van der Waals surface area (Å²) in [4.78, 5) is 0. The lowest BCUT2D eigenvalue weighted by Crippen LogP contribution is -2.14. The highest BCUT2D eigenvalue weighted by atomic mass is 16.3. The Kier molecular flexibility index (Phi) is 3.02. The molecular weight excluding hydrogens is 164 g/mol. The Morgan fingerprint density at radius 1 is 1.62 bits per heavy atom. The smallest absolute Gasteiger partial charge is 0.0994 e. The second-order valence-corrected chi connectivity index (χ2v) is 2.98. The number of hydrogen-bond acceptors (Lipinski definition) is 3.